The van der Waals surface area contributed by atoms with Gasteiger partial charge in [-0.3, -0.25) is 10.2 Å². The summed E-state index contributed by atoms with van der Waals surface area (Å²) in [4.78, 5) is 12.3. The molecule has 2 rings (SSSR count). The Hall–Kier alpha value is -1.15. The predicted molar refractivity (Wildman–Crippen MR) is 83.3 cm³/mol. The molecule has 0 radical (unpaired) electrons. The average Bonchev–Trinajstić information content (AvgIpc) is 2.83. The first-order valence-electron chi connectivity index (χ1n) is 6.17. The van der Waals surface area contributed by atoms with Crippen molar-refractivity contribution in [3.8, 4) is 0 Å². The van der Waals surface area contributed by atoms with Crippen molar-refractivity contribution in [1.29, 1.82) is 0 Å². The monoisotopic (exact) mass is 313 g/mol. The maximum absolute atomic E-state index is 14.0. The van der Waals surface area contributed by atoms with E-state index >= 15 is 0 Å². The lowest BCUT2D eigenvalue weighted by molar-refractivity contribution is 0.0957. The molecule has 0 saturated carbocycles. The van der Waals surface area contributed by atoms with E-state index in [4.69, 9.17) is 11.6 Å². The third kappa shape index (κ3) is 3.12. The Kier molecular flexibility index (Phi) is 5.36. The van der Waals surface area contributed by atoms with E-state index in [0.29, 0.717) is 28.1 Å². The van der Waals surface area contributed by atoms with Crippen molar-refractivity contribution >= 4 is 39.1 Å². The number of nitrogens with one attached hydrogen (secondary N) is 1. The van der Waals surface area contributed by atoms with Crippen LogP contribution in [-0.4, -0.2) is 18.2 Å². The number of carbonyl (C=O) groups excluding carboxylic acids is 1. The Morgan fingerprint density at radius 2 is 2.25 bits per heavy atom. The zero-order valence-corrected chi connectivity index (χ0v) is 12.5. The van der Waals surface area contributed by atoms with E-state index in [1.54, 1.807) is 17.8 Å². The zero-order valence-electron chi connectivity index (χ0n) is 10.8. The number of nitrogens with two attached hydrogens (primary N) is 2. The molecule has 1 heterocycles. The first-order valence-corrected chi connectivity index (χ1v) is 8.14. The van der Waals surface area contributed by atoms with Crippen LogP contribution in [0.5, 0.6) is 0 Å². The summed E-state index contributed by atoms with van der Waals surface area (Å²) in [5.74, 6) is 5.98. The van der Waals surface area contributed by atoms with Crippen LogP contribution < -0.4 is 17.0 Å². The van der Waals surface area contributed by atoms with Crippen molar-refractivity contribution in [1.82, 2.24) is 5.43 Å². The number of fused-ring (bicyclic) bond motifs is 1. The smallest absolute Gasteiger partial charge is 0.275 e. The highest BCUT2D eigenvalue weighted by Gasteiger charge is 2.19. The van der Waals surface area contributed by atoms with Gasteiger partial charge in [0.05, 0.1) is 4.88 Å². The van der Waals surface area contributed by atoms with E-state index < -0.39 is 0 Å². The minimum atomic E-state index is -0.375. The van der Waals surface area contributed by atoms with Crippen LogP contribution in [0.4, 0.5) is 4.39 Å². The number of carbonyl (C=O) groups is 1. The molecule has 2 aromatic rings. The van der Waals surface area contributed by atoms with Crippen LogP contribution in [0.3, 0.4) is 0 Å². The summed E-state index contributed by atoms with van der Waals surface area (Å²) in [5, 5.41) is 0.524. The lowest BCUT2D eigenvalue weighted by atomic mass is 10.1. The fourth-order valence-electron chi connectivity index (χ4n) is 1.91. The molecule has 0 aliphatic rings. The van der Waals surface area contributed by atoms with E-state index in [9.17, 15) is 9.18 Å². The number of benzene rings is 1. The summed E-state index contributed by atoms with van der Waals surface area (Å²) < 4.78 is 14.8. The van der Waals surface area contributed by atoms with Gasteiger partial charge in [-0.05, 0) is 36.4 Å². The maximum atomic E-state index is 14.0. The van der Waals surface area contributed by atoms with Gasteiger partial charge in [-0.15, -0.1) is 11.3 Å². The number of amides is 1. The van der Waals surface area contributed by atoms with Crippen LogP contribution in [0.15, 0.2) is 18.2 Å². The van der Waals surface area contributed by atoms with Crippen LogP contribution in [0.25, 0.3) is 10.1 Å². The summed E-state index contributed by atoms with van der Waals surface area (Å²) in [6.45, 7) is 0.627. The van der Waals surface area contributed by atoms with Crippen molar-refractivity contribution in [2.75, 3.05) is 12.3 Å². The summed E-state index contributed by atoms with van der Waals surface area (Å²) in [6.07, 6.45) is 0.896. The summed E-state index contributed by atoms with van der Waals surface area (Å²) >= 11 is 2.90. The number of nitrogen functional groups attached to an aromatic ring is 1. The number of rotatable bonds is 6. The molecule has 0 fully saturated rings. The van der Waals surface area contributed by atoms with Crippen molar-refractivity contribution in [3.63, 3.8) is 0 Å². The van der Waals surface area contributed by atoms with Gasteiger partial charge in [0.1, 0.15) is 5.82 Å². The molecule has 1 amide bonds. The fourth-order valence-corrected chi connectivity index (χ4v) is 4.15. The van der Waals surface area contributed by atoms with Gasteiger partial charge in [-0.2, -0.15) is 11.8 Å². The molecule has 20 heavy (non-hydrogen) atoms. The summed E-state index contributed by atoms with van der Waals surface area (Å²) in [6, 6.07) is 4.86. The van der Waals surface area contributed by atoms with Gasteiger partial charge in [-0.25, -0.2) is 10.2 Å². The van der Waals surface area contributed by atoms with E-state index in [0.717, 1.165) is 16.9 Å². The van der Waals surface area contributed by atoms with Crippen molar-refractivity contribution in [3.05, 3.63) is 34.5 Å². The molecule has 0 saturated heterocycles. The molecule has 0 bridgehead atoms. The number of thioether (sulfide) groups is 1. The Balaban J connectivity index is 2.38. The maximum Gasteiger partial charge on any atom is 0.275 e. The molecule has 108 valence electrons. The standard InChI is InChI=1S/C13H16FN3OS2/c14-9-3-1-4-10-11(9)8(7-19-6-2-5-15)12(20-10)13(18)17-16/h1,3-4H,2,5-7,15-16H2,(H,17,18). The number of hydrogen-bond donors (Lipinski definition) is 3. The van der Waals surface area contributed by atoms with Gasteiger partial charge in [0.2, 0.25) is 0 Å². The second kappa shape index (κ2) is 7.03. The first-order chi connectivity index (χ1) is 9.69. The van der Waals surface area contributed by atoms with Crippen LogP contribution in [0.1, 0.15) is 21.7 Å². The molecule has 0 atom stereocenters. The van der Waals surface area contributed by atoms with Gasteiger partial charge in [0, 0.05) is 15.8 Å². The number of halogens is 1. The van der Waals surface area contributed by atoms with Crippen LogP contribution in [-0.2, 0) is 5.75 Å². The predicted octanol–water partition coefficient (Wildman–Crippen LogP) is 2.23. The Bertz CT molecular complexity index is 615. The molecule has 1 aromatic heterocycles. The van der Waals surface area contributed by atoms with Crippen molar-refractivity contribution in [2.45, 2.75) is 12.2 Å². The minimum Gasteiger partial charge on any atom is -0.330 e. The quantitative estimate of drug-likeness (QED) is 0.331. The average molecular weight is 313 g/mol. The molecule has 0 unspecified atom stereocenters. The molecule has 4 nitrogen and oxygen atoms in total. The third-order valence-electron chi connectivity index (χ3n) is 2.84. The Morgan fingerprint density at radius 3 is 2.95 bits per heavy atom. The van der Waals surface area contributed by atoms with E-state index in [1.165, 1.54) is 17.4 Å². The highest BCUT2D eigenvalue weighted by atomic mass is 32.2. The zero-order chi connectivity index (χ0) is 14.5. The van der Waals surface area contributed by atoms with Gasteiger partial charge < -0.3 is 5.73 Å². The molecule has 0 aliphatic carbocycles. The fraction of sp³-hybridized carbons (Fsp3) is 0.308. The first kappa shape index (κ1) is 15.2. The lowest BCUT2D eigenvalue weighted by Gasteiger charge is -2.04. The molecule has 1 aromatic carbocycles. The third-order valence-corrected chi connectivity index (χ3v) is 5.11. The largest absolute Gasteiger partial charge is 0.330 e. The molecule has 0 aliphatic heterocycles. The second-order valence-electron chi connectivity index (χ2n) is 4.19. The van der Waals surface area contributed by atoms with Crippen molar-refractivity contribution < 1.29 is 9.18 Å². The lowest BCUT2D eigenvalue weighted by Crippen LogP contribution is -2.29. The minimum absolute atomic E-state index is 0.302. The highest BCUT2D eigenvalue weighted by Crippen LogP contribution is 2.35. The van der Waals surface area contributed by atoms with Gasteiger partial charge in [0.25, 0.3) is 5.91 Å². The number of hydrazine groups is 1. The van der Waals surface area contributed by atoms with Gasteiger partial charge in [0.15, 0.2) is 0 Å². The van der Waals surface area contributed by atoms with Crippen LogP contribution in [0, 0.1) is 5.82 Å². The molecule has 5 N–H and O–H groups in total. The number of hydrogen-bond acceptors (Lipinski definition) is 5. The van der Waals surface area contributed by atoms with Crippen LogP contribution >= 0.6 is 23.1 Å². The molecular weight excluding hydrogens is 297 g/mol. The molecule has 7 heteroatoms. The van der Waals surface area contributed by atoms with Gasteiger partial charge in [-0.1, -0.05) is 6.07 Å². The SMILES string of the molecule is NCCCSCc1c(C(=O)NN)sc2cccc(F)c12. The van der Waals surface area contributed by atoms with Gasteiger partial charge >= 0.3 is 0 Å². The normalized spacial score (nSPS) is 10.9. The number of thiophene rings is 1. The Labute approximate surface area is 124 Å². The van der Waals surface area contributed by atoms with E-state index in [-0.39, 0.29) is 11.7 Å². The Morgan fingerprint density at radius 1 is 1.45 bits per heavy atom. The van der Waals surface area contributed by atoms with Crippen LogP contribution in [0.2, 0.25) is 0 Å². The van der Waals surface area contributed by atoms with Crippen molar-refractivity contribution in [2.24, 2.45) is 11.6 Å². The second-order valence-corrected chi connectivity index (χ2v) is 6.35. The highest BCUT2D eigenvalue weighted by molar-refractivity contribution is 7.98. The van der Waals surface area contributed by atoms with E-state index in [1.807, 2.05) is 6.07 Å². The topological polar surface area (TPSA) is 81.1 Å². The molecule has 0 spiro atoms. The molecular formula is C13H16FN3OS2. The summed E-state index contributed by atoms with van der Waals surface area (Å²) in [7, 11) is 0. The van der Waals surface area contributed by atoms with E-state index in [2.05, 4.69) is 5.43 Å². The summed E-state index contributed by atoms with van der Waals surface area (Å²) in [5.41, 5.74) is 8.29.